The SMILES string of the molecule is Cc1cccc(/C(N)=N/O)c1N1CCCC1(C)C. The average Bonchev–Trinajstić information content (AvgIpc) is 2.67. The van der Waals surface area contributed by atoms with Gasteiger partial charge in [-0.2, -0.15) is 0 Å². The molecule has 1 saturated heterocycles. The van der Waals surface area contributed by atoms with Crippen LogP contribution in [-0.4, -0.2) is 23.1 Å². The van der Waals surface area contributed by atoms with Gasteiger partial charge in [0.1, 0.15) is 0 Å². The fraction of sp³-hybridized carbons (Fsp3) is 0.500. The van der Waals surface area contributed by atoms with E-state index in [9.17, 15) is 0 Å². The minimum absolute atomic E-state index is 0.122. The molecule has 0 aliphatic carbocycles. The van der Waals surface area contributed by atoms with Crippen molar-refractivity contribution < 1.29 is 5.21 Å². The van der Waals surface area contributed by atoms with Crippen LogP contribution in [0.1, 0.15) is 37.8 Å². The van der Waals surface area contributed by atoms with Gasteiger partial charge in [-0.1, -0.05) is 17.3 Å². The molecule has 4 heteroatoms. The van der Waals surface area contributed by atoms with Crippen molar-refractivity contribution in [2.75, 3.05) is 11.4 Å². The lowest BCUT2D eigenvalue weighted by atomic mass is 9.98. The number of nitrogens with zero attached hydrogens (tertiary/aromatic N) is 2. The summed E-state index contributed by atoms with van der Waals surface area (Å²) in [6.45, 7) is 7.56. The largest absolute Gasteiger partial charge is 0.409 e. The third-order valence-corrected chi connectivity index (χ3v) is 3.79. The Balaban J connectivity index is 2.56. The van der Waals surface area contributed by atoms with Crippen molar-refractivity contribution in [3.8, 4) is 0 Å². The van der Waals surface area contributed by atoms with E-state index in [1.165, 1.54) is 6.42 Å². The van der Waals surface area contributed by atoms with Crippen LogP contribution >= 0.6 is 0 Å². The first-order valence-electron chi connectivity index (χ1n) is 6.32. The number of nitrogens with two attached hydrogens (primary N) is 1. The monoisotopic (exact) mass is 247 g/mol. The molecule has 0 radical (unpaired) electrons. The second-order valence-electron chi connectivity index (χ2n) is 5.52. The van der Waals surface area contributed by atoms with Gasteiger partial charge in [0.25, 0.3) is 0 Å². The summed E-state index contributed by atoms with van der Waals surface area (Å²) in [6, 6.07) is 5.92. The van der Waals surface area contributed by atoms with E-state index in [0.29, 0.717) is 0 Å². The number of anilines is 1. The number of hydrogen-bond acceptors (Lipinski definition) is 3. The molecule has 0 atom stereocenters. The Kier molecular flexibility index (Phi) is 3.20. The van der Waals surface area contributed by atoms with Gasteiger partial charge in [0.2, 0.25) is 0 Å². The average molecular weight is 247 g/mol. The summed E-state index contributed by atoms with van der Waals surface area (Å²) >= 11 is 0. The molecule has 3 N–H and O–H groups in total. The van der Waals surface area contributed by atoms with Crippen LogP contribution in [0.15, 0.2) is 23.4 Å². The highest BCUT2D eigenvalue weighted by atomic mass is 16.4. The molecule has 1 aliphatic heterocycles. The number of aryl methyl sites for hydroxylation is 1. The summed E-state index contributed by atoms with van der Waals surface area (Å²) in [5.41, 5.74) is 8.98. The van der Waals surface area contributed by atoms with Crippen LogP contribution in [0.5, 0.6) is 0 Å². The zero-order valence-electron chi connectivity index (χ0n) is 11.3. The van der Waals surface area contributed by atoms with E-state index in [0.717, 1.165) is 29.8 Å². The van der Waals surface area contributed by atoms with Crippen molar-refractivity contribution in [1.29, 1.82) is 0 Å². The highest BCUT2D eigenvalue weighted by Gasteiger charge is 2.34. The van der Waals surface area contributed by atoms with Crippen LogP contribution in [0, 0.1) is 6.92 Å². The third kappa shape index (κ3) is 2.03. The van der Waals surface area contributed by atoms with E-state index in [1.807, 2.05) is 12.1 Å². The van der Waals surface area contributed by atoms with E-state index in [4.69, 9.17) is 10.9 Å². The molecule has 1 heterocycles. The maximum absolute atomic E-state index is 8.92. The summed E-state index contributed by atoms with van der Waals surface area (Å²) in [4.78, 5) is 2.37. The predicted molar refractivity (Wildman–Crippen MR) is 74.3 cm³/mol. The highest BCUT2D eigenvalue weighted by Crippen LogP contribution is 2.37. The Morgan fingerprint density at radius 3 is 2.72 bits per heavy atom. The lowest BCUT2D eigenvalue weighted by molar-refractivity contribution is 0.318. The lowest BCUT2D eigenvalue weighted by Gasteiger charge is -2.36. The molecule has 18 heavy (non-hydrogen) atoms. The summed E-state index contributed by atoms with van der Waals surface area (Å²) in [6.07, 6.45) is 2.34. The summed E-state index contributed by atoms with van der Waals surface area (Å²) in [7, 11) is 0. The number of hydrogen-bond donors (Lipinski definition) is 2. The Morgan fingerprint density at radius 2 is 2.17 bits per heavy atom. The Morgan fingerprint density at radius 1 is 1.44 bits per heavy atom. The van der Waals surface area contributed by atoms with Crippen molar-refractivity contribution in [1.82, 2.24) is 0 Å². The molecular formula is C14H21N3O. The second-order valence-corrected chi connectivity index (χ2v) is 5.52. The first-order chi connectivity index (χ1) is 8.47. The van der Waals surface area contributed by atoms with Gasteiger partial charge >= 0.3 is 0 Å². The highest BCUT2D eigenvalue weighted by molar-refractivity contribution is 6.03. The van der Waals surface area contributed by atoms with Gasteiger partial charge in [-0.05, 0) is 45.2 Å². The van der Waals surface area contributed by atoms with E-state index in [1.54, 1.807) is 0 Å². The topological polar surface area (TPSA) is 61.9 Å². The second kappa shape index (κ2) is 4.52. The van der Waals surface area contributed by atoms with E-state index >= 15 is 0 Å². The number of amidine groups is 1. The molecule has 1 aromatic rings. The molecule has 0 saturated carbocycles. The molecule has 1 aromatic carbocycles. The van der Waals surface area contributed by atoms with Gasteiger partial charge in [0.05, 0.1) is 5.69 Å². The standard InChI is InChI=1S/C14H21N3O/c1-10-6-4-7-11(13(15)16-18)12(10)17-9-5-8-14(17,2)3/h4,6-7,18H,5,8-9H2,1-3H3,(H2,15,16). The van der Waals surface area contributed by atoms with Crippen LogP contribution in [-0.2, 0) is 0 Å². The molecule has 4 nitrogen and oxygen atoms in total. The van der Waals surface area contributed by atoms with E-state index in [-0.39, 0.29) is 11.4 Å². The van der Waals surface area contributed by atoms with Crippen LogP contribution in [0.25, 0.3) is 0 Å². The molecule has 2 rings (SSSR count). The Labute approximate surface area is 108 Å². The molecule has 98 valence electrons. The van der Waals surface area contributed by atoms with Crippen molar-refractivity contribution in [2.45, 2.75) is 39.2 Å². The maximum atomic E-state index is 8.92. The molecular weight excluding hydrogens is 226 g/mol. The first kappa shape index (κ1) is 12.7. The van der Waals surface area contributed by atoms with Gasteiger partial charge in [0, 0.05) is 17.6 Å². The fourth-order valence-electron chi connectivity index (χ4n) is 2.80. The van der Waals surface area contributed by atoms with Crippen molar-refractivity contribution >= 4 is 11.5 Å². The number of oxime groups is 1. The van der Waals surface area contributed by atoms with Crippen LogP contribution in [0.2, 0.25) is 0 Å². The zero-order chi connectivity index (χ0) is 13.3. The van der Waals surface area contributed by atoms with Crippen LogP contribution in [0.3, 0.4) is 0 Å². The number of benzene rings is 1. The normalized spacial score (nSPS) is 19.3. The minimum Gasteiger partial charge on any atom is -0.409 e. The van der Waals surface area contributed by atoms with Gasteiger partial charge in [-0.25, -0.2) is 0 Å². The van der Waals surface area contributed by atoms with E-state index < -0.39 is 0 Å². The smallest absolute Gasteiger partial charge is 0.172 e. The number of para-hydroxylation sites is 1. The van der Waals surface area contributed by atoms with Gasteiger partial charge in [0.15, 0.2) is 5.84 Å². The van der Waals surface area contributed by atoms with Crippen LogP contribution < -0.4 is 10.6 Å². The zero-order valence-corrected chi connectivity index (χ0v) is 11.3. The lowest BCUT2D eigenvalue weighted by Crippen LogP contribution is -2.40. The molecule has 0 spiro atoms. The Hall–Kier alpha value is -1.71. The molecule has 1 fully saturated rings. The molecule has 0 bridgehead atoms. The van der Waals surface area contributed by atoms with Crippen LogP contribution in [0.4, 0.5) is 5.69 Å². The molecule has 1 aliphatic rings. The number of rotatable bonds is 2. The van der Waals surface area contributed by atoms with Crippen molar-refractivity contribution in [3.05, 3.63) is 29.3 Å². The summed E-state index contributed by atoms with van der Waals surface area (Å²) < 4.78 is 0. The quantitative estimate of drug-likeness (QED) is 0.365. The van der Waals surface area contributed by atoms with Crippen molar-refractivity contribution in [3.63, 3.8) is 0 Å². The molecule has 0 amide bonds. The third-order valence-electron chi connectivity index (χ3n) is 3.79. The minimum atomic E-state index is 0.122. The maximum Gasteiger partial charge on any atom is 0.172 e. The molecule has 0 aromatic heterocycles. The van der Waals surface area contributed by atoms with Gasteiger partial charge < -0.3 is 15.8 Å². The predicted octanol–water partition coefficient (Wildman–Crippen LogP) is 2.47. The Bertz CT molecular complexity index is 480. The summed E-state index contributed by atoms with van der Waals surface area (Å²) in [5.74, 6) is 0.177. The van der Waals surface area contributed by atoms with Crippen molar-refractivity contribution in [2.24, 2.45) is 10.9 Å². The van der Waals surface area contributed by atoms with Gasteiger partial charge in [-0.15, -0.1) is 0 Å². The molecule has 0 unspecified atom stereocenters. The fourth-order valence-corrected chi connectivity index (χ4v) is 2.80. The van der Waals surface area contributed by atoms with E-state index in [2.05, 4.69) is 36.9 Å². The summed E-state index contributed by atoms with van der Waals surface area (Å²) in [5, 5.41) is 12.1. The van der Waals surface area contributed by atoms with Gasteiger partial charge in [-0.3, -0.25) is 0 Å². The first-order valence-corrected chi connectivity index (χ1v) is 6.32.